The number of carboxylic acid groups (broad SMARTS) is 1. The molecule has 3 aromatic carbocycles. The van der Waals surface area contributed by atoms with Crippen molar-refractivity contribution in [2.75, 3.05) is 7.11 Å². The molecule has 0 radical (unpaired) electrons. The molecule has 30 heavy (non-hydrogen) atoms. The monoisotopic (exact) mass is 403 g/mol. The number of methoxy groups -OCH3 is 1. The van der Waals surface area contributed by atoms with Crippen LogP contribution in [0.25, 0.3) is 6.08 Å². The molecule has 2 N–H and O–H groups in total. The van der Waals surface area contributed by atoms with Gasteiger partial charge in [-0.25, -0.2) is 4.79 Å². The molecule has 0 aliphatic carbocycles. The van der Waals surface area contributed by atoms with Gasteiger partial charge < -0.3 is 19.9 Å². The molecule has 0 aromatic heterocycles. The first-order chi connectivity index (χ1) is 14.6. The highest BCUT2D eigenvalue weighted by Gasteiger charge is 2.14. The van der Waals surface area contributed by atoms with Gasteiger partial charge in [-0.3, -0.25) is 4.79 Å². The third-order valence-electron chi connectivity index (χ3n) is 4.25. The summed E-state index contributed by atoms with van der Waals surface area (Å²) < 4.78 is 11.2. The van der Waals surface area contributed by atoms with Gasteiger partial charge in [0.1, 0.15) is 12.3 Å². The van der Waals surface area contributed by atoms with Crippen LogP contribution in [-0.2, 0) is 11.4 Å². The van der Waals surface area contributed by atoms with Gasteiger partial charge in [-0.2, -0.15) is 0 Å². The highest BCUT2D eigenvalue weighted by molar-refractivity contribution is 6.02. The molecule has 0 fully saturated rings. The quantitative estimate of drug-likeness (QED) is 0.553. The molecular formula is C24H21NO5. The van der Waals surface area contributed by atoms with Crippen LogP contribution in [0.4, 0.5) is 0 Å². The number of carbonyl (C=O) groups excluding carboxylic acids is 1. The van der Waals surface area contributed by atoms with Crippen LogP contribution in [-0.4, -0.2) is 24.1 Å². The SMILES string of the molecule is COc1cc(C=C(NC(=O)c2ccccc2)C(=O)O)ccc1OCc1ccccc1. The number of amides is 1. The second-order valence-corrected chi connectivity index (χ2v) is 6.37. The zero-order valence-corrected chi connectivity index (χ0v) is 16.4. The molecule has 0 bridgehead atoms. The zero-order valence-electron chi connectivity index (χ0n) is 16.4. The minimum Gasteiger partial charge on any atom is -0.493 e. The van der Waals surface area contributed by atoms with Gasteiger partial charge in [0.25, 0.3) is 5.91 Å². The molecule has 0 heterocycles. The van der Waals surface area contributed by atoms with E-state index in [4.69, 9.17) is 9.47 Å². The van der Waals surface area contributed by atoms with E-state index in [2.05, 4.69) is 5.32 Å². The summed E-state index contributed by atoms with van der Waals surface area (Å²) in [5.41, 5.74) is 1.68. The number of aliphatic carboxylic acids is 1. The topological polar surface area (TPSA) is 84.9 Å². The molecule has 1 amide bonds. The summed E-state index contributed by atoms with van der Waals surface area (Å²) in [6.45, 7) is 0.375. The fourth-order valence-electron chi connectivity index (χ4n) is 2.73. The van der Waals surface area contributed by atoms with Crippen molar-refractivity contribution < 1.29 is 24.2 Å². The summed E-state index contributed by atoms with van der Waals surface area (Å²) in [6, 6.07) is 23.2. The Morgan fingerprint density at radius 1 is 0.933 bits per heavy atom. The molecule has 0 saturated heterocycles. The van der Waals surface area contributed by atoms with E-state index >= 15 is 0 Å². The minimum absolute atomic E-state index is 0.246. The average molecular weight is 403 g/mol. The highest BCUT2D eigenvalue weighted by atomic mass is 16.5. The maximum atomic E-state index is 12.3. The summed E-state index contributed by atoms with van der Waals surface area (Å²) in [4.78, 5) is 23.9. The number of nitrogens with one attached hydrogen (secondary N) is 1. The first-order valence-electron chi connectivity index (χ1n) is 9.23. The molecule has 0 saturated carbocycles. The molecule has 0 spiro atoms. The minimum atomic E-state index is -1.25. The van der Waals surface area contributed by atoms with E-state index < -0.39 is 11.9 Å². The van der Waals surface area contributed by atoms with Crippen molar-refractivity contribution in [1.82, 2.24) is 5.32 Å². The van der Waals surface area contributed by atoms with Crippen LogP contribution in [0.3, 0.4) is 0 Å². The highest BCUT2D eigenvalue weighted by Crippen LogP contribution is 2.29. The second-order valence-electron chi connectivity index (χ2n) is 6.37. The molecule has 0 atom stereocenters. The molecule has 0 unspecified atom stereocenters. The smallest absolute Gasteiger partial charge is 0.352 e. The van der Waals surface area contributed by atoms with Gasteiger partial charge in [0.05, 0.1) is 7.11 Å². The van der Waals surface area contributed by atoms with E-state index in [1.54, 1.807) is 48.5 Å². The number of carbonyl (C=O) groups is 2. The Kier molecular flexibility index (Phi) is 6.84. The molecule has 3 aromatic rings. The summed E-state index contributed by atoms with van der Waals surface area (Å²) in [7, 11) is 1.51. The van der Waals surface area contributed by atoms with Crippen molar-refractivity contribution >= 4 is 18.0 Å². The van der Waals surface area contributed by atoms with E-state index in [0.29, 0.717) is 29.2 Å². The number of rotatable bonds is 8. The Bertz CT molecular complexity index is 1050. The molecule has 6 nitrogen and oxygen atoms in total. The third-order valence-corrected chi connectivity index (χ3v) is 4.25. The lowest BCUT2D eigenvalue weighted by atomic mass is 10.1. The van der Waals surface area contributed by atoms with Crippen LogP contribution in [0.1, 0.15) is 21.5 Å². The normalized spacial score (nSPS) is 10.9. The summed E-state index contributed by atoms with van der Waals surface area (Å²) in [5, 5.41) is 11.9. The number of carboxylic acids is 1. The Labute approximate surface area is 174 Å². The molecule has 6 heteroatoms. The van der Waals surface area contributed by atoms with Crippen molar-refractivity contribution in [3.63, 3.8) is 0 Å². The fourth-order valence-corrected chi connectivity index (χ4v) is 2.73. The molecule has 0 aliphatic heterocycles. The standard InChI is InChI=1S/C24H21NO5/c1-29-22-15-18(12-13-21(22)30-16-17-8-4-2-5-9-17)14-20(24(27)28)25-23(26)19-10-6-3-7-11-19/h2-15H,16H2,1H3,(H,25,26)(H,27,28). The average Bonchev–Trinajstić information content (AvgIpc) is 2.78. The van der Waals surface area contributed by atoms with Gasteiger partial charge in [-0.05, 0) is 41.5 Å². The van der Waals surface area contributed by atoms with E-state index in [0.717, 1.165) is 5.56 Å². The van der Waals surface area contributed by atoms with E-state index in [-0.39, 0.29) is 5.70 Å². The van der Waals surface area contributed by atoms with Crippen molar-refractivity contribution in [1.29, 1.82) is 0 Å². The predicted octanol–water partition coefficient (Wildman–Crippen LogP) is 4.13. The van der Waals surface area contributed by atoms with Gasteiger partial charge in [0.2, 0.25) is 0 Å². The number of hydrogen-bond donors (Lipinski definition) is 2. The van der Waals surface area contributed by atoms with Crippen molar-refractivity contribution in [3.8, 4) is 11.5 Å². The molecule has 152 valence electrons. The van der Waals surface area contributed by atoms with Crippen molar-refractivity contribution in [2.45, 2.75) is 6.61 Å². The third kappa shape index (κ3) is 5.48. The molecular weight excluding hydrogens is 382 g/mol. The van der Waals surface area contributed by atoms with Crippen LogP contribution in [0.2, 0.25) is 0 Å². The zero-order chi connectivity index (χ0) is 21.3. The number of benzene rings is 3. The Balaban J connectivity index is 1.78. The lowest BCUT2D eigenvalue weighted by Gasteiger charge is -2.12. The van der Waals surface area contributed by atoms with E-state index in [9.17, 15) is 14.7 Å². The van der Waals surface area contributed by atoms with Crippen molar-refractivity contribution in [3.05, 3.63) is 101 Å². The first kappa shape index (κ1) is 20.7. The van der Waals surface area contributed by atoms with Crippen LogP contribution in [0.5, 0.6) is 11.5 Å². The van der Waals surface area contributed by atoms with Gasteiger partial charge in [0, 0.05) is 5.56 Å². The summed E-state index contributed by atoms with van der Waals surface area (Å²) in [6.07, 6.45) is 1.37. The van der Waals surface area contributed by atoms with E-state index in [1.165, 1.54) is 13.2 Å². The van der Waals surface area contributed by atoms with Crippen LogP contribution in [0, 0.1) is 0 Å². The van der Waals surface area contributed by atoms with E-state index in [1.807, 2.05) is 30.3 Å². The summed E-state index contributed by atoms with van der Waals surface area (Å²) >= 11 is 0. The van der Waals surface area contributed by atoms with Gasteiger partial charge in [-0.1, -0.05) is 54.6 Å². The Hall–Kier alpha value is -4.06. The van der Waals surface area contributed by atoms with Gasteiger partial charge in [-0.15, -0.1) is 0 Å². The van der Waals surface area contributed by atoms with Crippen LogP contribution in [0.15, 0.2) is 84.6 Å². The predicted molar refractivity (Wildman–Crippen MR) is 113 cm³/mol. The first-order valence-corrected chi connectivity index (χ1v) is 9.23. The number of hydrogen-bond acceptors (Lipinski definition) is 4. The number of ether oxygens (including phenoxy) is 2. The lowest BCUT2D eigenvalue weighted by Crippen LogP contribution is -2.27. The molecule has 0 aliphatic rings. The second kappa shape index (κ2) is 9.93. The van der Waals surface area contributed by atoms with Crippen LogP contribution >= 0.6 is 0 Å². The fraction of sp³-hybridized carbons (Fsp3) is 0.0833. The maximum Gasteiger partial charge on any atom is 0.352 e. The summed E-state index contributed by atoms with van der Waals surface area (Å²) in [5.74, 6) is -0.760. The molecule has 3 rings (SSSR count). The Morgan fingerprint density at radius 2 is 1.60 bits per heavy atom. The maximum absolute atomic E-state index is 12.3. The Morgan fingerprint density at radius 3 is 2.23 bits per heavy atom. The van der Waals surface area contributed by atoms with Crippen LogP contribution < -0.4 is 14.8 Å². The van der Waals surface area contributed by atoms with Crippen molar-refractivity contribution in [2.24, 2.45) is 0 Å². The van der Waals surface area contributed by atoms with Gasteiger partial charge >= 0.3 is 5.97 Å². The van der Waals surface area contributed by atoms with Gasteiger partial charge in [0.15, 0.2) is 11.5 Å². The largest absolute Gasteiger partial charge is 0.493 e. The lowest BCUT2D eigenvalue weighted by molar-refractivity contribution is -0.132.